The van der Waals surface area contributed by atoms with E-state index in [0.29, 0.717) is 0 Å². The van der Waals surface area contributed by atoms with E-state index in [1.165, 1.54) is 36.8 Å². The second-order valence-electron chi connectivity index (χ2n) is 6.29. The lowest BCUT2D eigenvalue weighted by atomic mass is 9.95. The van der Waals surface area contributed by atoms with Gasteiger partial charge in [0.15, 0.2) is 0 Å². The van der Waals surface area contributed by atoms with Crippen molar-refractivity contribution in [1.29, 1.82) is 0 Å². The summed E-state index contributed by atoms with van der Waals surface area (Å²) in [5, 5.41) is 3.54. The first-order chi connectivity index (χ1) is 9.48. The van der Waals surface area contributed by atoms with Crippen molar-refractivity contribution in [2.45, 2.75) is 65.3 Å². The van der Waals surface area contributed by atoms with Crippen LogP contribution < -0.4 is 10.1 Å². The SMILES string of the molecule is CCNC(C)(C)CCCCCc1cc(C)ccc1OC. The lowest BCUT2D eigenvalue weighted by Gasteiger charge is -2.25. The molecule has 0 radical (unpaired) electrons. The molecule has 0 atom stereocenters. The van der Waals surface area contributed by atoms with Crippen LogP contribution in [0.2, 0.25) is 0 Å². The quantitative estimate of drug-likeness (QED) is 0.671. The van der Waals surface area contributed by atoms with Crippen molar-refractivity contribution >= 4 is 0 Å². The fraction of sp³-hybridized carbons (Fsp3) is 0.667. The van der Waals surface area contributed by atoms with Gasteiger partial charge in [-0.15, -0.1) is 0 Å². The van der Waals surface area contributed by atoms with E-state index in [1.807, 2.05) is 0 Å². The number of unbranched alkanes of at least 4 members (excludes halogenated alkanes) is 2. The van der Waals surface area contributed by atoms with Gasteiger partial charge in [-0.3, -0.25) is 0 Å². The van der Waals surface area contributed by atoms with Crippen LogP contribution in [0, 0.1) is 6.92 Å². The van der Waals surface area contributed by atoms with Crippen molar-refractivity contribution < 1.29 is 4.74 Å². The zero-order valence-electron chi connectivity index (χ0n) is 13.9. The van der Waals surface area contributed by atoms with E-state index in [2.05, 4.69) is 51.2 Å². The van der Waals surface area contributed by atoms with Crippen LogP contribution in [-0.2, 0) is 6.42 Å². The van der Waals surface area contributed by atoms with E-state index in [1.54, 1.807) is 7.11 Å². The van der Waals surface area contributed by atoms with E-state index in [9.17, 15) is 0 Å². The molecule has 1 aromatic carbocycles. The number of nitrogens with one attached hydrogen (secondary N) is 1. The molecule has 0 spiro atoms. The molecule has 0 aliphatic rings. The van der Waals surface area contributed by atoms with Gasteiger partial charge in [-0.1, -0.05) is 37.5 Å². The maximum atomic E-state index is 5.43. The highest BCUT2D eigenvalue weighted by atomic mass is 16.5. The van der Waals surface area contributed by atoms with Crippen molar-refractivity contribution in [3.63, 3.8) is 0 Å². The van der Waals surface area contributed by atoms with E-state index in [-0.39, 0.29) is 5.54 Å². The fourth-order valence-corrected chi connectivity index (χ4v) is 2.73. The molecule has 0 unspecified atom stereocenters. The van der Waals surface area contributed by atoms with E-state index >= 15 is 0 Å². The molecule has 0 bridgehead atoms. The summed E-state index contributed by atoms with van der Waals surface area (Å²) in [5.41, 5.74) is 2.93. The number of aryl methyl sites for hydroxylation is 2. The number of methoxy groups -OCH3 is 1. The Kier molecular flexibility index (Phi) is 7.08. The lowest BCUT2D eigenvalue weighted by Crippen LogP contribution is -2.38. The van der Waals surface area contributed by atoms with Gasteiger partial charge in [-0.2, -0.15) is 0 Å². The second kappa shape index (κ2) is 8.31. The Morgan fingerprint density at radius 2 is 1.90 bits per heavy atom. The van der Waals surface area contributed by atoms with Gasteiger partial charge in [-0.05, 0) is 58.2 Å². The van der Waals surface area contributed by atoms with Crippen molar-refractivity contribution in [2.75, 3.05) is 13.7 Å². The predicted octanol–water partition coefficient (Wildman–Crippen LogP) is 4.49. The monoisotopic (exact) mass is 277 g/mol. The van der Waals surface area contributed by atoms with Gasteiger partial charge >= 0.3 is 0 Å². The van der Waals surface area contributed by atoms with Crippen molar-refractivity contribution in [1.82, 2.24) is 5.32 Å². The Labute approximate surface area is 124 Å². The number of ether oxygens (including phenoxy) is 1. The average molecular weight is 277 g/mol. The first-order valence-corrected chi connectivity index (χ1v) is 7.87. The van der Waals surface area contributed by atoms with Crippen LogP contribution in [0.25, 0.3) is 0 Å². The first kappa shape index (κ1) is 17.0. The highest BCUT2D eigenvalue weighted by molar-refractivity contribution is 5.36. The summed E-state index contributed by atoms with van der Waals surface area (Å²) in [4.78, 5) is 0. The van der Waals surface area contributed by atoms with Crippen LogP contribution in [0.1, 0.15) is 57.6 Å². The summed E-state index contributed by atoms with van der Waals surface area (Å²) in [6.45, 7) is 9.95. The summed E-state index contributed by atoms with van der Waals surface area (Å²) in [6, 6.07) is 6.45. The molecule has 2 heteroatoms. The fourth-order valence-electron chi connectivity index (χ4n) is 2.73. The molecule has 1 aromatic rings. The molecule has 1 rings (SSSR count). The minimum Gasteiger partial charge on any atom is -0.496 e. The summed E-state index contributed by atoms with van der Waals surface area (Å²) in [6.07, 6.45) is 6.17. The molecule has 0 fully saturated rings. The van der Waals surface area contributed by atoms with E-state index in [4.69, 9.17) is 4.74 Å². The Morgan fingerprint density at radius 1 is 1.15 bits per heavy atom. The molecule has 0 aliphatic heterocycles. The Hall–Kier alpha value is -1.02. The zero-order valence-corrected chi connectivity index (χ0v) is 13.9. The summed E-state index contributed by atoms with van der Waals surface area (Å²) < 4.78 is 5.43. The first-order valence-electron chi connectivity index (χ1n) is 7.87. The Balaban J connectivity index is 2.33. The smallest absolute Gasteiger partial charge is 0.122 e. The van der Waals surface area contributed by atoms with Crippen molar-refractivity contribution in [2.24, 2.45) is 0 Å². The van der Waals surface area contributed by atoms with Gasteiger partial charge in [0.1, 0.15) is 5.75 Å². The normalized spacial score (nSPS) is 11.7. The van der Waals surface area contributed by atoms with Gasteiger partial charge in [0.25, 0.3) is 0 Å². The molecule has 1 N–H and O–H groups in total. The summed E-state index contributed by atoms with van der Waals surface area (Å²) >= 11 is 0. The number of hydrogen-bond donors (Lipinski definition) is 1. The predicted molar refractivity (Wildman–Crippen MR) is 87.7 cm³/mol. The van der Waals surface area contributed by atoms with Crippen LogP contribution >= 0.6 is 0 Å². The largest absolute Gasteiger partial charge is 0.496 e. The number of rotatable bonds is 9. The third-order valence-corrected chi connectivity index (χ3v) is 3.84. The van der Waals surface area contributed by atoms with Crippen LogP contribution in [0.5, 0.6) is 5.75 Å². The highest BCUT2D eigenvalue weighted by Crippen LogP contribution is 2.22. The van der Waals surface area contributed by atoms with E-state index in [0.717, 1.165) is 18.7 Å². The molecule has 0 aliphatic carbocycles. The molecule has 0 saturated carbocycles. The molecule has 0 amide bonds. The zero-order chi connectivity index (χ0) is 15.0. The van der Waals surface area contributed by atoms with Gasteiger partial charge in [0.05, 0.1) is 7.11 Å². The number of benzene rings is 1. The summed E-state index contributed by atoms with van der Waals surface area (Å²) in [5.74, 6) is 1.03. The van der Waals surface area contributed by atoms with Gasteiger partial charge in [0, 0.05) is 5.54 Å². The van der Waals surface area contributed by atoms with Crippen LogP contribution in [-0.4, -0.2) is 19.2 Å². The molecule has 114 valence electrons. The van der Waals surface area contributed by atoms with Gasteiger partial charge in [0.2, 0.25) is 0 Å². The number of hydrogen-bond acceptors (Lipinski definition) is 2. The third kappa shape index (κ3) is 5.96. The van der Waals surface area contributed by atoms with Gasteiger partial charge < -0.3 is 10.1 Å². The molecule has 20 heavy (non-hydrogen) atoms. The topological polar surface area (TPSA) is 21.3 Å². The minimum atomic E-state index is 0.274. The standard InChI is InChI=1S/C18H31NO/c1-6-19-18(3,4)13-9-7-8-10-16-14-15(2)11-12-17(16)20-5/h11-12,14,19H,6-10,13H2,1-5H3. The molecule has 2 nitrogen and oxygen atoms in total. The minimum absolute atomic E-state index is 0.274. The van der Waals surface area contributed by atoms with Crippen LogP contribution in [0.15, 0.2) is 18.2 Å². The third-order valence-electron chi connectivity index (χ3n) is 3.84. The Morgan fingerprint density at radius 3 is 2.55 bits per heavy atom. The van der Waals surface area contributed by atoms with Gasteiger partial charge in [-0.25, -0.2) is 0 Å². The van der Waals surface area contributed by atoms with Crippen molar-refractivity contribution in [3.05, 3.63) is 29.3 Å². The molecular formula is C18H31NO. The lowest BCUT2D eigenvalue weighted by molar-refractivity contribution is 0.355. The average Bonchev–Trinajstić information content (AvgIpc) is 2.38. The van der Waals surface area contributed by atoms with Crippen molar-refractivity contribution in [3.8, 4) is 5.75 Å². The van der Waals surface area contributed by atoms with Crippen LogP contribution in [0.4, 0.5) is 0 Å². The molecule has 0 heterocycles. The van der Waals surface area contributed by atoms with E-state index < -0.39 is 0 Å². The molecule has 0 aromatic heterocycles. The second-order valence-corrected chi connectivity index (χ2v) is 6.29. The maximum absolute atomic E-state index is 5.43. The maximum Gasteiger partial charge on any atom is 0.122 e. The Bertz CT molecular complexity index is 398. The summed E-state index contributed by atoms with van der Waals surface area (Å²) in [7, 11) is 1.76. The highest BCUT2D eigenvalue weighted by Gasteiger charge is 2.14. The van der Waals surface area contributed by atoms with Crippen LogP contribution in [0.3, 0.4) is 0 Å². The molecular weight excluding hydrogens is 246 g/mol. The molecule has 0 saturated heterocycles.